The first kappa shape index (κ1) is 24.6. The molecule has 1 fully saturated rings. The molecule has 1 aromatic carbocycles. The molecule has 1 heterocycles. The fraction of sp³-hybridized carbons (Fsp3) is 0.571. The topological polar surface area (TPSA) is 111 Å². The summed E-state index contributed by atoms with van der Waals surface area (Å²) >= 11 is 0. The Morgan fingerprint density at radius 3 is 2.34 bits per heavy atom. The molecule has 1 aliphatic heterocycles. The molecule has 0 aromatic heterocycles. The first-order chi connectivity index (χ1) is 13.7. The summed E-state index contributed by atoms with van der Waals surface area (Å²) in [5, 5.41) is 4.42. The van der Waals surface area contributed by atoms with Crippen LogP contribution in [0.4, 0.5) is 0 Å². The molecule has 0 bridgehead atoms. The quantitative estimate of drug-likeness (QED) is 0.177. The molecule has 0 radical (unpaired) electrons. The van der Waals surface area contributed by atoms with Crippen LogP contribution in [0, 0.1) is 5.92 Å². The van der Waals surface area contributed by atoms with Gasteiger partial charge in [-0.15, -0.1) is 0 Å². The van der Waals surface area contributed by atoms with Gasteiger partial charge >= 0.3 is 5.97 Å². The van der Waals surface area contributed by atoms with Crippen molar-refractivity contribution in [1.82, 2.24) is 10.3 Å². The standard InChI is InChI=1S/C16H23N3O3.C5H10O2/c17-19(11-13-6-8-18-9-7-13)15(20)10-16(21)22-12-14-4-2-1-3-5-14;1-5(2,3)7-4-6/h1-5,13,18H,6-12,17H2;4H,1-3H3. The second kappa shape index (κ2) is 12.9. The Hall–Kier alpha value is -2.45. The van der Waals surface area contributed by atoms with Gasteiger partial charge in [-0.2, -0.15) is 0 Å². The Morgan fingerprint density at radius 1 is 1.21 bits per heavy atom. The number of amides is 1. The van der Waals surface area contributed by atoms with Gasteiger partial charge in [0.25, 0.3) is 6.47 Å². The highest BCUT2D eigenvalue weighted by atomic mass is 16.5. The van der Waals surface area contributed by atoms with Crippen LogP contribution in [0.3, 0.4) is 0 Å². The van der Waals surface area contributed by atoms with Crippen molar-refractivity contribution in [3.63, 3.8) is 0 Å². The number of rotatable bonds is 7. The zero-order chi connectivity index (χ0) is 21.7. The number of hydrogen-bond donors (Lipinski definition) is 2. The lowest BCUT2D eigenvalue weighted by Crippen LogP contribution is -2.44. The molecule has 0 atom stereocenters. The van der Waals surface area contributed by atoms with Crippen molar-refractivity contribution in [1.29, 1.82) is 0 Å². The van der Waals surface area contributed by atoms with Crippen LogP contribution in [0.2, 0.25) is 0 Å². The van der Waals surface area contributed by atoms with Crippen LogP contribution in [0.15, 0.2) is 30.3 Å². The van der Waals surface area contributed by atoms with Gasteiger partial charge in [0.05, 0.1) is 0 Å². The van der Waals surface area contributed by atoms with Crippen LogP contribution in [-0.2, 0) is 30.5 Å². The lowest BCUT2D eigenvalue weighted by atomic mass is 9.98. The molecule has 0 spiro atoms. The summed E-state index contributed by atoms with van der Waals surface area (Å²) in [6, 6.07) is 9.36. The minimum absolute atomic E-state index is 0.172. The molecule has 8 heteroatoms. The zero-order valence-electron chi connectivity index (χ0n) is 17.6. The van der Waals surface area contributed by atoms with Crippen LogP contribution in [0.1, 0.15) is 45.6 Å². The molecule has 0 saturated carbocycles. The number of esters is 1. The predicted octanol–water partition coefficient (Wildman–Crippen LogP) is 1.78. The summed E-state index contributed by atoms with van der Waals surface area (Å²) in [6.45, 7) is 8.49. The van der Waals surface area contributed by atoms with E-state index in [1.165, 1.54) is 0 Å². The maximum atomic E-state index is 11.9. The molecular formula is C21H33N3O5. The van der Waals surface area contributed by atoms with Crippen molar-refractivity contribution >= 4 is 18.3 Å². The molecule has 1 aromatic rings. The van der Waals surface area contributed by atoms with Crippen molar-refractivity contribution in [3.8, 4) is 0 Å². The molecule has 1 aliphatic rings. The molecule has 1 amide bonds. The molecule has 1 saturated heterocycles. The minimum atomic E-state index is -0.547. The van der Waals surface area contributed by atoms with E-state index in [0.717, 1.165) is 36.5 Å². The summed E-state index contributed by atoms with van der Waals surface area (Å²) in [5.74, 6) is 5.22. The van der Waals surface area contributed by atoms with Gasteiger partial charge in [0, 0.05) is 6.54 Å². The maximum absolute atomic E-state index is 11.9. The van der Waals surface area contributed by atoms with Crippen LogP contribution < -0.4 is 11.2 Å². The van der Waals surface area contributed by atoms with E-state index in [9.17, 15) is 14.4 Å². The van der Waals surface area contributed by atoms with Crippen molar-refractivity contribution in [3.05, 3.63) is 35.9 Å². The van der Waals surface area contributed by atoms with E-state index in [2.05, 4.69) is 10.1 Å². The maximum Gasteiger partial charge on any atom is 0.315 e. The van der Waals surface area contributed by atoms with Crippen LogP contribution in [0.5, 0.6) is 0 Å². The SMILES string of the molecule is CC(C)(C)OC=O.NN(CC1CCNCC1)C(=O)CC(=O)OCc1ccccc1. The van der Waals surface area contributed by atoms with Gasteiger partial charge in [-0.25, -0.2) is 5.84 Å². The lowest BCUT2D eigenvalue weighted by Gasteiger charge is -2.26. The second-order valence-electron chi connectivity index (χ2n) is 7.89. The monoisotopic (exact) mass is 407 g/mol. The van der Waals surface area contributed by atoms with E-state index in [1.54, 1.807) is 0 Å². The first-order valence-corrected chi connectivity index (χ1v) is 9.78. The average molecular weight is 408 g/mol. The van der Waals surface area contributed by atoms with E-state index in [4.69, 9.17) is 10.6 Å². The van der Waals surface area contributed by atoms with Gasteiger partial charge in [-0.3, -0.25) is 19.4 Å². The number of hydrogen-bond acceptors (Lipinski definition) is 7. The van der Waals surface area contributed by atoms with Crippen molar-refractivity contribution in [2.75, 3.05) is 19.6 Å². The highest BCUT2D eigenvalue weighted by Crippen LogP contribution is 2.12. The normalized spacial score (nSPS) is 14.2. The smallest absolute Gasteiger partial charge is 0.315 e. The van der Waals surface area contributed by atoms with Crippen LogP contribution >= 0.6 is 0 Å². The number of nitrogens with zero attached hydrogens (tertiary/aromatic N) is 1. The number of piperidine rings is 1. The summed E-state index contributed by atoms with van der Waals surface area (Å²) in [4.78, 5) is 33.2. The molecule has 162 valence electrons. The Bertz CT molecular complexity index is 625. The molecule has 2 rings (SSSR count). The van der Waals surface area contributed by atoms with Crippen LogP contribution in [-0.4, -0.2) is 48.6 Å². The van der Waals surface area contributed by atoms with E-state index in [0.29, 0.717) is 18.9 Å². The number of hydrazine groups is 1. The number of nitrogens with one attached hydrogen (secondary N) is 1. The number of nitrogens with two attached hydrogens (primary N) is 1. The van der Waals surface area contributed by atoms with E-state index in [-0.39, 0.29) is 18.6 Å². The fourth-order valence-corrected chi connectivity index (χ4v) is 2.60. The van der Waals surface area contributed by atoms with E-state index in [1.807, 2.05) is 51.1 Å². The molecule has 8 nitrogen and oxygen atoms in total. The Labute approximate surface area is 172 Å². The second-order valence-corrected chi connectivity index (χ2v) is 7.89. The number of carbonyl (C=O) groups excluding carboxylic acids is 3. The zero-order valence-corrected chi connectivity index (χ0v) is 17.6. The van der Waals surface area contributed by atoms with Crippen molar-refractivity contribution in [2.24, 2.45) is 11.8 Å². The summed E-state index contributed by atoms with van der Waals surface area (Å²) in [6.07, 6.45) is 1.69. The summed E-state index contributed by atoms with van der Waals surface area (Å²) in [5.41, 5.74) is 0.574. The number of carbonyl (C=O) groups is 3. The first-order valence-electron chi connectivity index (χ1n) is 9.78. The largest absolute Gasteiger partial charge is 0.462 e. The third-order valence-corrected chi connectivity index (χ3v) is 4.17. The van der Waals surface area contributed by atoms with Gasteiger partial charge in [-0.05, 0) is 58.2 Å². The third kappa shape index (κ3) is 11.9. The minimum Gasteiger partial charge on any atom is -0.462 e. The molecule has 3 N–H and O–H groups in total. The van der Waals surface area contributed by atoms with E-state index >= 15 is 0 Å². The molecule has 29 heavy (non-hydrogen) atoms. The number of ether oxygens (including phenoxy) is 2. The lowest BCUT2D eigenvalue weighted by molar-refractivity contribution is -0.150. The van der Waals surface area contributed by atoms with Crippen molar-refractivity contribution in [2.45, 2.75) is 52.2 Å². The van der Waals surface area contributed by atoms with Crippen LogP contribution in [0.25, 0.3) is 0 Å². The highest BCUT2D eigenvalue weighted by Gasteiger charge is 2.21. The Kier molecular flexibility index (Phi) is 10.9. The third-order valence-electron chi connectivity index (χ3n) is 4.17. The summed E-state index contributed by atoms with van der Waals surface area (Å²) < 4.78 is 9.64. The molecule has 0 aliphatic carbocycles. The van der Waals surface area contributed by atoms with Gasteiger partial charge < -0.3 is 14.8 Å². The summed E-state index contributed by atoms with van der Waals surface area (Å²) in [7, 11) is 0. The molecule has 0 unspecified atom stereocenters. The van der Waals surface area contributed by atoms with Gasteiger partial charge in [-0.1, -0.05) is 30.3 Å². The van der Waals surface area contributed by atoms with Crippen molar-refractivity contribution < 1.29 is 23.9 Å². The Balaban J connectivity index is 0.000000516. The average Bonchev–Trinajstić information content (AvgIpc) is 2.67. The number of benzene rings is 1. The molecular weight excluding hydrogens is 374 g/mol. The highest BCUT2D eigenvalue weighted by molar-refractivity contribution is 5.93. The van der Waals surface area contributed by atoms with Gasteiger partial charge in [0.15, 0.2) is 0 Å². The Morgan fingerprint density at radius 2 is 1.83 bits per heavy atom. The van der Waals surface area contributed by atoms with Gasteiger partial charge in [0.2, 0.25) is 5.91 Å². The predicted molar refractivity (Wildman–Crippen MR) is 109 cm³/mol. The van der Waals surface area contributed by atoms with Gasteiger partial charge in [0.1, 0.15) is 18.6 Å². The fourth-order valence-electron chi connectivity index (χ4n) is 2.60. The van der Waals surface area contributed by atoms with E-state index < -0.39 is 11.9 Å².